The van der Waals surface area contributed by atoms with Crippen molar-refractivity contribution in [1.82, 2.24) is 4.98 Å². The first kappa shape index (κ1) is 17.3. The number of hydrogen-bond donors (Lipinski definition) is 1. The number of rotatable bonds is 1. The van der Waals surface area contributed by atoms with E-state index < -0.39 is 36.0 Å². The fraction of sp³-hybridized carbons (Fsp3) is 0.368. The fourth-order valence-corrected chi connectivity index (χ4v) is 4.07. The van der Waals surface area contributed by atoms with E-state index in [-0.39, 0.29) is 30.5 Å². The molecule has 3 aliphatic heterocycles. The molecule has 3 atom stereocenters. The summed E-state index contributed by atoms with van der Waals surface area (Å²) >= 11 is 0. The first-order valence-electron chi connectivity index (χ1n) is 8.80. The van der Waals surface area contributed by atoms with Crippen LogP contribution in [0.3, 0.4) is 0 Å². The van der Waals surface area contributed by atoms with E-state index in [9.17, 15) is 13.2 Å². The summed E-state index contributed by atoms with van der Waals surface area (Å²) in [5, 5.41) is 0. The molecular weight excluding hydrogens is 375 g/mol. The second-order valence-corrected chi connectivity index (χ2v) is 7.06. The number of hydrogen-bond acceptors (Lipinski definition) is 6. The maximum absolute atomic E-state index is 14.6. The molecule has 0 amide bonds. The molecule has 1 saturated heterocycles. The maximum atomic E-state index is 14.6. The molecule has 9 heteroatoms. The lowest BCUT2D eigenvalue weighted by atomic mass is 9.76. The highest BCUT2D eigenvalue weighted by Crippen LogP contribution is 2.51. The van der Waals surface area contributed by atoms with Crippen LogP contribution in [0.4, 0.5) is 13.2 Å². The topological polar surface area (TPSA) is 79.0 Å². The Bertz CT molecular complexity index is 984. The molecule has 3 aliphatic rings. The molecule has 0 radical (unpaired) electrons. The average molecular weight is 391 g/mol. The molecule has 5 rings (SSSR count). The molecule has 0 saturated carbocycles. The summed E-state index contributed by atoms with van der Waals surface area (Å²) in [6.45, 7) is -0.202. The Morgan fingerprint density at radius 2 is 2.04 bits per heavy atom. The third-order valence-corrected chi connectivity index (χ3v) is 5.41. The van der Waals surface area contributed by atoms with E-state index in [1.807, 2.05) is 0 Å². The van der Waals surface area contributed by atoms with Crippen LogP contribution in [-0.4, -0.2) is 42.3 Å². The first-order valence-corrected chi connectivity index (χ1v) is 8.80. The summed E-state index contributed by atoms with van der Waals surface area (Å²) < 4.78 is 60.0. The minimum Gasteiger partial charge on any atom is -0.481 e. The summed E-state index contributed by atoms with van der Waals surface area (Å²) in [5.74, 6) is -3.51. The van der Waals surface area contributed by atoms with Crippen LogP contribution in [0.15, 0.2) is 41.5 Å². The van der Waals surface area contributed by atoms with Gasteiger partial charge in [-0.2, -0.15) is 4.39 Å². The molecule has 1 aromatic carbocycles. The number of nitrogens with zero attached hydrogens (tertiary/aromatic N) is 2. The first-order chi connectivity index (χ1) is 13.4. The Labute approximate surface area is 158 Å². The van der Waals surface area contributed by atoms with Crippen LogP contribution >= 0.6 is 0 Å². The zero-order valence-corrected chi connectivity index (χ0v) is 14.6. The van der Waals surface area contributed by atoms with Gasteiger partial charge in [0.25, 0.3) is 11.9 Å². The monoisotopic (exact) mass is 391 g/mol. The van der Waals surface area contributed by atoms with Crippen molar-refractivity contribution in [2.75, 3.05) is 13.2 Å². The molecule has 1 fully saturated rings. The number of fused-ring (bicyclic) bond motifs is 4. The van der Waals surface area contributed by atoms with Gasteiger partial charge in [0.05, 0.1) is 6.61 Å². The van der Waals surface area contributed by atoms with Crippen LogP contribution in [0.25, 0.3) is 11.1 Å². The molecular formula is C19H16F3N3O3. The van der Waals surface area contributed by atoms with Gasteiger partial charge >= 0.3 is 0 Å². The standard InChI is InChI=1S/C19H16F3N3O3/c20-16-11(2-1-6-24-16)10-3-4-13-12(8-10)18(9-27-17(23)25-18)14-15(28-13)19(21,22)5-7-26-14/h1-4,6,8,14-15H,5,7,9H2,(H2,23,25)/t14-,15+,18+/m1/s1. The van der Waals surface area contributed by atoms with E-state index in [0.29, 0.717) is 11.1 Å². The van der Waals surface area contributed by atoms with Crippen molar-refractivity contribution < 1.29 is 27.4 Å². The van der Waals surface area contributed by atoms with Crippen molar-refractivity contribution in [1.29, 1.82) is 0 Å². The molecule has 2 N–H and O–H groups in total. The number of ether oxygens (including phenoxy) is 3. The largest absolute Gasteiger partial charge is 0.481 e. The van der Waals surface area contributed by atoms with Gasteiger partial charge in [0.2, 0.25) is 5.95 Å². The second kappa shape index (κ2) is 5.84. The highest BCUT2D eigenvalue weighted by molar-refractivity contribution is 5.75. The van der Waals surface area contributed by atoms with E-state index in [2.05, 4.69) is 9.98 Å². The van der Waals surface area contributed by atoms with Gasteiger partial charge in [-0.1, -0.05) is 6.07 Å². The molecule has 6 nitrogen and oxygen atoms in total. The van der Waals surface area contributed by atoms with Crippen molar-refractivity contribution in [3.8, 4) is 16.9 Å². The Morgan fingerprint density at radius 3 is 2.79 bits per heavy atom. The number of alkyl halides is 2. The van der Waals surface area contributed by atoms with Crippen molar-refractivity contribution in [2.24, 2.45) is 10.7 Å². The predicted octanol–water partition coefficient (Wildman–Crippen LogP) is 2.61. The molecule has 2 aromatic rings. The Balaban J connectivity index is 1.70. The molecule has 0 bridgehead atoms. The highest BCUT2D eigenvalue weighted by Gasteiger charge is 2.63. The third kappa shape index (κ3) is 2.39. The zero-order valence-electron chi connectivity index (χ0n) is 14.6. The van der Waals surface area contributed by atoms with Crippen LogP contribution in [0.2, 0.25) is 0 Å². The number of aliphatic imine (C=N–C) groups is 1. The minimum absolute atomic E-state index is 0.0641. The van der Waals surface area contributed by atoms with Gasteiger partial charge in [-0.15, -0.1) is 0 Å². The van der Waals surface area contributed by atoms with Gasteiger partial charge in [0, 0.05) is 23.7 Å². The van der Waals surface area contributed by atoms with Crippen molar-refractivity contribution in [3.05, 3.63) is 48.0 Å². The number of halogens is 3. The average Bonchev–Trinajstić information content (AvgIpc) is 3.05. The SMILES string of the molecule is NC1=N[C@@]2(CO1)c1cc(-c3cccnc3F)ccc1O[C@H]1[C@H]2OCCC1(F)F. The number of aromatic nitrogens is 1. The minimum atomic E-state index is -3.09. The predicted molar refractivity (Wildman–Crippen MR) is 92.6 cm³/mol. The molecule has 146 valence electrons. The van der Waals surface area contributed by atoms with Crippen LogP contribution in [-0.2, 0) is 15.0 Å². The van der Waals surface area contributed by atoms with E-state index in [1.165, 1.54) is 12.3 Å². The second-order valence-electron chi connectivity index (χ2n) is 7.06. The molecule has 28 heavy (non-hydrogen) atoms. The van der Waals surface area contributed by atoms with Gasteiger partial charge in [-0.05, 0) is 29.8 Å². The number of nitrogens with two attached hydrogens (primary N) is 1. The lowest BCUT2D eigenvalue weighted by molar-refractivity contribution is -0.226. The van der Waals surface area contributed by atoms with E-state index in [4.69, 9.17) is 19.9 Å². The molecule has 1 aromatic heterocycles. The molecule has 1 spiro atoms. The number of pyridine rings is 1. The Morgan fingerprint density at radius 1 is 1.18 bits per heavy atom. The highest BCUT2D eigenvalue weighted by atomic mass is 19.3. The summed E-state index contributed by atoms with van der Waals surface area (Å²) in [5.41, 5.74) is 5.69. The van der Waals surface area contributed by atoms with Crippen LogP contribution in [0.5, 0.6) is 5.75 Å². The molecule has 0 unspecified atom stereocenters. The molecule has 4 heterocycles. The van der Waals surface area contributed by atoms with Gasteiger partial charge in [0.1, 0.15) is 18.5 Å². The van der Waals surface area contributed by atoms with Crippen molar-refractivity contribution in [3.63, 3.8) is 0 Å². The van der Waals surface area contributed by atoms with Gasteiger partial charge < -0.3 is 19.9 Å². The number of amidine groups is 1. The lowest BCUT2D eigenvalue weighted by Crippen LogP contribution is -2.63. The van der Waals surface area contributed by atoms with Gasteiger partial charge in [-0.25, -0.2) is 18.8 Å². The zero-order chi connectivity index (χ0) is 19.5. The summed E-state index contributed by atoms with van der Waals surface area (Å²) in [6.07, 6.45) is -1.70. The van der Waals surface area contributed by atoms with E-state index >= 15 is 0 Å². The lowest BCUT2D eigenvalue weighted by Gasteiger charge is -2.48. The normalized spacial score (nSPS) is 30.0. The van der Waals surface area contributed by atoms with Gasteiger partial charge in [-0.3, -0.25) is 0 Å². The summed E-state index contributed by atoms with van der Waals surface area (Å²) in [6, 6.07) is 7.85. The van der Waals surface area contributed by atoms with Crippen LogP contribution in [0, 0.1) is 5.95 Å². The van der Waals surface area contributed by atoms with Gasteiger partial charge in [0.15, 0.2) is 11.6 Å². The quantitative estimate of drug-likeness (QED) is 0.756. The summed E-state index contributed by atoms with van der Waals surface area (Å²) in [4.78, 5) is 8.01. The van der Waals surface area contributed by atoms with Crippen molar-refractivity contribution >= 4 is 6.02 Å². The van der Waals surface area contributed by atoms with Crippen LogP contribution < -0.4 is 10.5 Å². The Hall–Kier alpha value is -2.81. The smallest absolute Gasteiger partial charge is 0.289 e. The van der Waals surface area contributed by atoms with Crippen LogP contribution in [0.1, 0.15) is 12.0 Å². The van der Waals surface area contributed by atoms with E-state index in [1.54, 1.807) is 24.3 Å². The Kier molecular flexibility index (Phi) is 3.61. The number of benzene rings is 1. The van der Waals surface area contributed by atoms with Crippen molar-refractivity contribution in [2.45, 2.75) is 30.1 Å². The fourth-order valence-electron chi connectivity index (χ4n) is 4.07. The molecule has 0 aliphatic carbocycles. The summed E-state index contributed by atoms with van der Waals surface area (Å²) in [7, 11) is 0. The van der Waals surface area contributed by atoms with E-state index in [0.717, 1.165) is 0 Å². The third-order valence-electron chi connectivity index (χ3n) is 5.41. The maximum Gasteiger partial charge on any atom is 0.289 e.